The lowest BCUT2D eigenvalue weighted by Gasteiger charge is -2.22. The van der Waals surface area contributed by atoms with Gasteiger partial charge in [-0.1, -0.05) is 135 Å². The molecule has 10 rings (SSSR count). The van der Waals surface area contributed by atoms with Gasteiger partial charge >= 0.3 is 0 Å². The smallest absolute Gasteiger partial charge is 0.0780 e. The number of hydrogen-bond acceptors (Lipinski definition) is 1. The maximum absolute atomic E-state index is 4.73. The van der Waals surface area contributed by atoms with Crippen molar-refractivity contribution < 1.29 is 0 Å². The van der Waals surface area contributed by atoms with E-state index in [1.165, 1.54) is 82.8 Å². The van der Waals surface area contributed by atoms with E-state index in [4.69, 9.17) is 4.98 Å². The minimum Gasteiger partial charge on any atom is -0.309 e. The molecule has 0 N–H and O–H groups in total. The van der Waals surface area contributed by atoms with Gasteiger partial charge in [-0.05, 0) is 92.4 Å². The number of rotatable bonds is 4. The average molecular weight is 639 g/mol. The number of para-hydroxylation sites is 2. The largest absolute Gasteiger partial charge is 0.309 e. The topological polar surface area (TPSA) is 17.8 Å². The van der Waals surface area contributed by atoms with E-state index in [9.17, 15) is 0 Å². The molecule has 50 heavy (non-hydrogen) atoms. The molecule has 2 heterocycles. The highest BCUT2D eigenvalue weighted by Crippen LogP contribution is 2.50. The molecule has 1 aliphatic carbocycles. The van der Waals surface area contributed by atoms with Gasteiger partial charge in [0.05, 0.1) is 16.7 Å². The SMILES string of the molecule is CC1(C)c2cc(-c3ccc(-c4nccc5ccccc45)cc3)ccc2-c2ccc(-c3ccc(-n4c5ccccc5c5ccccc54)cc3)cc21. The molecule has 0 aliphatic heterocycles. The Bertz CT molecular complexity index is 2710. The van der Waals surface area contributed by atoms with Gasteiger partial charge in [-0.2, -0.15) is 0 Å². The van der Waals surface area contributed by atoms with Crippen LogP contribution >= 0.6 is 0 Å². The van der Waals surface area contributed by atoms with Crippen molar-refractivity contribution in [2.45, 2.75) is 19.3 Å². The summed E-state index contributed by atoms with van der Waals surface area (Å²) in [7, 11) is 0. The van der Waals surface area contributed by atoms with Crippen LogP contribution in [0.4, 0.5) is 0 Å². The first-order valence-corrected chi connectivity index (χ1v) is 17.4. The average Bonchev–Trinajstić information content (AvgIpc) is 3.63. The number of aromatic nitrogens is 2. The number of nitrogens with zero attached hydrogens (tertiary/aromatic N) is 2. The number of benzene rings is 7. The molecule has 236 valence electrons. The third-order valence-electron chi connectivity index (χ3n) is 10.9. The summed E-state index contributed by atoms with van der Waals surface area (Å²) >= 11 is 0. The van der Waals surface area contributed by atoms with Gasteiger partial charge in [-0.25, -0.2) is 0 Å². The normalized spacial score (nSPS) is 13.2. The molecule has 2 nitrogen and oxygen atoms in total. The van der Waals surface area contributed by atoms with Gasteiger partial charge in [0.1, 0.15) is 0 Å². The fraction of sp³-hybridized carbons (Fsp3) is 0.0625. The van der Waals surface area contributed by atoms with Crippen molar-refractivity contribution in [2.75, 3.05) is 0 Å². The first-order valence-electron chi connectivity index (χ1n) is 17.4. The number of fused-ring (bicyclic) bond motifs is 7. The number of hydrogen-bond donors (Lipinski definition) is 0. The Kier molecular flexibility index (Phi) is 6.25. The predicted octanol–water partition coefficient (Wildman–Crippen LogP) is 12.6. The molecule has 0 saturated carbocycles. The summed E-state index contributed by atoms with van der Waals surface area (Å²) in [5.41, 5.74) is 16.0. The highest BCUT2D eigenvalue weighted by Gasteiger charge is 2.36. The molecule has 0 bridgehead atoms. The molecule has 0 spiro atoms. The van der Waals surface area contributed by atoms with Gasteiger partial charge in [0.25, 0.3) is 0 Å². The molecule has 0 radical (unpaired) electrons. The first kappa shape index (κ1) is 28.7. The van der Waals surface area contributed by atoms with Crippen LogP contribution in [0.25, 0.3) is 82.9 Å². The van der Waals surface area contributed by atoms with Crippen LogP contribution in [0.2, 0.25) is 0 Å². The lowest BCUT2D eigenvalue weighted by Crippen LogP contribution is -2.15. The van der Waals surface area contributed by atoms with E-state index in [1.807, 2.05) is 6.20 Å². The fourth-order valence-corrected chi connectivity index (χ4v) is 8.27. The Hall–Kier alpha value is -6.25. The summed E-state index contributed by atoms with van der Waals surface area (Å²) in [6.07, 6.45) is 1.90. The van der Waals surface area contributed by atoms with Crippen LogP contribution in [-0.4, -0.2) is 9.55 Å². The molecule has 0 unspecified atom stereocenters. The second-order valence-corrected chi connectivity index (χ2v) is 14.0. The van der Waals surface area contributed by atoms with Gasteiger partial charge in [-0.15, -0.1) is 0 Å². The lowest BCUT2D eigenvalue weighted by molar-refractivity contribution is 0.661. The molecule has 2 heteroatoms. The van der Waals surface area contributed by atoms with Crippen molar-refractivity contribution in [3.05, 3.63) is 181 Å². The molecule has 0 fully saturated rings. The minimum atomic E-state index is -0.119. The third kappa shape index (κ3) is 4.32. The van der Waals surface area contributed by atoms with Crippen molar-refractivity contribution in [3.63, 3.8) is 0 Å². The molecular formula is C48H34N2. The Labute approximate surface area is 291 Å². The maximum Gasteiger partial charge on any atom is 0.0780 e. The molecule has 0 amide bonds. The zero-order chi connectivity index (χ0) is 33.4. The quantitative estimate of drug-likeness (QED) is 0.188. The van der Waals surface area contributed by atoms with E-state index in [2.05, 4.69) is 182 Å². The van der Waals surface area contributed by atoms with Crippen molar-refractivity contribution in [3.8, 4) is 50.3 Å². The number of pyridine rings is 1. The lowest BCUT2D eigenvalue weighted by atomic mass is 9.81. The van der Waals surface area contributed by atoms with Crippen molar-refractivity contribution in [1.29, 1.82) is 0 Å². The Morgan fingerprint density at radius 1 is 0.440 bits per heavy atom. The molecule has 9 aromatic rings. The van der Waals surface area contributed by atoms with Gasteiger partial charge < -0.3 is 4.57 Å². The fourth-order valence-electron chi connectivity index (χ4n) is 8.27. The molecule has 0 saturated heterocycles. The van der Waals surface area contributed by atoms with Crippen LogP contribution in [-0.2, 0) is 5.41 Å². The van der Waals surface area contributed by atoms with Crippen molar-refractivity contribution in [1.82, 2.24) is 9.55 Å². The van der Waals surface area contributed by atoms with Crippen molar-refractivity contribution >= 4 is 32.6 Å². The van der Waals surface area contributed by atoms with Crippen molar-refractivity contribution in [2.24, 2.45) is 0 Å². The molecule has 1 aliphatic rings. The minimum absolute atomic E-state index is 0.119. The summed E-state index contributed by atoms with van der Waals surface area (Å²) in [5, 5.41) is 4.96. The van der Waals surface area contributed by atoms with Gasteiger partial charge in [-0.3, -0.25) is 4.98 Å². The summed E-state index contributed by atoms with van der Waals surface area (Å²) in [5.74, 6) is 0. The van der Waals surface area contributed by atoms with Crippen LogP contribution in [0.15, 0.2) is 170 Å². The highest BCUT2D eigenvalue weighted by molar-refractivity contribution is 6.09. The summed E-state index contributed by atoms with van der Waals surface area (Å²) in [6, 6.07) is 59.8. The van der Waals surface area contributed by atoms with E-state index < -0.39 is 0 Å². The maximum atomic E-state index is 4.73. The third-order valence-corrected chi connectivity index (χ3v) is 10.9. The van der Waals surface area contributed by atoms with Crippen LogP contribution in [0.1, 0.15) is 25.0 Å². The summed E-state index contributed by atoms with van der Waals surface area (Å²) < 4.78 is 2.38. The van der Waals surface area contributed by atoms with Crippen LogP contribution < -0.4 is 0 Å². The van der Waals surface area contributed by atoms with Gasteiger partial charge in [0.2, 0.25) is 0 Å². The molecule has 7 aromatic carbocycles. The van der Waals surface area contributed by atoms with E-state index in [1.54, 1.807) is 0 Å². The Morgan fingerprint density at radius 2 is 0.920 bits per heavy atom. The second-order valence-electron chi connectivity index (χ2n) is 14.0. The Morgan fingerprint density at radius 3 is 1.52 bits per heavy atom. The van der Waals surface area contributed by atoms with Crippen LogP contribution in [0.5, 0.6) is 0 Å². The predicted molar refractivity (Wildman–Crippen MR) is 210 cm³/mol. The van der Waals surface area contributed by atoms with Crippen LogP contribution in [0, 0.1) is 0 Å². The molecule has 0 atom stereocenters. The molecular weight excluding hydrogens is 605 g/mol. The zero-order valence-electron chi connectivity index (χ0n) is 28.1. The summed E-state index contributed by atoms with van der Waals surface area (Å²) in [6.45, 7) is 4.73. The Balaban J connectivity index is 0.970. The van der Waals surface area contributed by atoms with Gasteiger partial charge in [0.15, 0.2) is 0 Å². The summed E-state index contributed by atoms with van der Waals surface area (Å²) in [4.78, 5) is 4.73. The molecule has 2 aromatic heterocycles. The first-order chi connectivity index (χ1) is 24.5. The monoisotopic (exact) mass is 638 g/mol. The van der Waals surface area contributed by atoms with Crippen LogP contribution in [0.3, 0.4) is 0 Å². The van der Waals surface area contributed by atoms with E-state index in [-0.39, 0.29) is 5.41 Å². The second kappa shape index (κ2) is 10.9. The standard InChI is InChI=1S/C48H34N2/c1-48(2)43-29-35(31-15-17-34(18-16-31)47-38-10-4-3-9-33(38)27-28-49-47)21-25-39(43)40-26-22-36(30-44(40)48)32-19-23-37(24-20-32)50-45-13-7-5-11-41(45)42-12-6-8-14-46(42)50/h3-30H,1-2H3. The van der Waals surface area contributed by atoms with E-state index in [0.29, 0.717) is 0 Å². The van der Waals surface area contributed by atoms with E-state index >= 15 is 0 Å². The van der Waals surface area contributed by atoms with Gasteiger partial charge in [0, 0.05) is 39.0 Å². The highest BCUT2D eigenvalue weighted by atomic mass is 15.0. The van der Waals surface area contributed by atoms with E-state index in [0.717, 1.165) is 11.3 Å². The zero-order valence-corrected chi connectivity index (χ0v) is 28.1.